The van der Waals surface area contributed by atoms with E-state index >= 15 is 0 Å². The molecule has 0 saturated carbocycles. The van der Waals surface area contributed by atoms with E-state index in [1.807, 2.05) is 0 Å². The minimum Gasteiger partial charge on any atom is -0.382 e. The van der Waals surface area contributed by atoms with Crippen LogP contribution in [0.2, 0.25) is 0 Å². The summed E-state index contributed by atoms with van der Waals surface area (Å²) in [4.78, 5) is 0. The minimum atomic E-state index is -2.86. The van der Waals surface area contributed by atoms with Crippen LogP contribution in [-0.2, 0) is 9.84 Å². The summed E-state index contributed by atoms with van der Waals surface area (Å²) in [5, 5.41) is 10.5. The van der Waals surface area contributed by atoms with Gasteiger partial charge in [-0.2, -0.15) is 0 Å². The maximum atomic E-state index is 11.2. The zero-order valence-corrected chi connectivity index (χ0v) is 8.87. The second-order valence-corrected chi connectivity index (χ2v) is 5.82. The van der Waals surface area contributed by atoms with Crippen LogP contribution in [0.25, 0.3) is 0 Å². The van der Waals surface area contributed by atoms with Gasteiger partial charge in [-0.15, -0.1) is 10.2 Å². The fraction of sp³-hybridized carbons (Fsp3) is 0.500. The van der Waals surface area contributed by atoms with Crippen molar-refractivity contribution in [2.24, 2.45) is 0 Å². The standard InChI is InChI=1S/C8H12N4O2S/c9-7-1-2-8(12-11-7)10-6-3-4-15(13,14)5-6/h1-2,6H,3-5H2,(H2,9,11)(H,10,12). The maximum Gasteiger partial charge on any atom is 0.152 e. The molecule has 0 bridgehead atoms. The van der Waals surface area contributed by atoms with Gasteiger partial charge in [0.2, 0.25) is 0 Å². The number of nitrogens with two attached hydrogens (primary N) is 1. The van der Waals surface area contributed by atoms with Crippen LogP contribution < -0.4 is 11.1 Å². The molecule has 1 aliphatic heterocycles. The van der Waals surface area contributed by atoms with Crippen molar-refractivity contribution in [3.63, 3.8) is 0 Å². The lowest BCUT2D eigenvalue weighted by Crippen LogP contribution is -2.21. The van der Waals surface area contributed by atoms with Gasteiger partial charge in [0.1, 0.15) is 11.6 Å². The Bertz CT molecular complexity index is 442. The summed E-state index contributed by atoms with van der Waals surface area (Å²) < 4.78 is 22.4. The average molecular weight is 228 g/mol. The normalized spacial score (nSPS) is 23.9. The number of sulfone groups is 1. The summed E-state index contributed by atoms with van der Waals surface area (Å²) in [6.07, 6.45) is 0.619. The van der Waals surface area contributed by atoms with Gasteiger partial charge >= 0.3 is 0 Å². The average Bonchev–Trinajstić information content (AvgIpc) is 2.50. The van der Waals surface area contributed by atoms with Gasteiger partial charge in [0.05, 0.1) is 11.5 Å². The molecule has 82 valence electrons. The Hall–Kier alpha value is -1.37. The van der Waals surface area contributed by atoms with Crippen molar-refractivity contribution in [2.45, 2.75) is 12.5 Å². The Morgan fingerprint density at radius 2 is 2.20 bits per heavy atom. The summed E-state index contributed by atoms with van der Waals surface area (Å²) in [5.74, 6) is 1.32. The first-order chi connectivity index (χ1) is 7.05. The second-order valence-electron chi connectivity index (χ2n) is 3.59. The third-order valence-corrected chi connectivity index (χ3v) is 4.04. The third kappa shape index (κ3) is 2.56. The van der Waals surface area contributed by atoms with E-state index in [4.69, 9.17) is 5.73 Å². The molecule has 1 aromatic heterocycles. The predicted molar refractivity (Wildman–Crippen MR) is 57.1 cm³/mol. The minimum absolute atomic E-state index is 0.0621. The zero-order valence-electron chi connectivity index (χ0n) is 8.05. The Morgan fingerprint density at radius 1 is 1.40 bits per heavy atom. The quantitative estimate of drug-likeness (QED) is 0.718. The first-order valence-electron chi connectivity index (χ1n) is 4.61. The molecular weight excluding hydrogens is 216 g/mol. The smallest absolute Gasteiger partial charge is 0.152 e. The van der Waals surface area contributed by atoms with Crippen LogP contribution in [0, 0.1) is 0 Å². The van der Waals surface area contributed by atoms with Crippen molar-refractivity contribution >= 4 is 21.5 Å². The van der Waals surface area contributed by atoms with Crippen LogP contribution >= 0.6 is 0 Å². The van der Waals surface area contributed by atoms with E-state index in [9.17, 15) is 8.42 Å². The van der Waals surface area contributed by atoms with Gasteiger partial charge in [-0.1, -0.05) is 0 Å². The van der Waals surface area contributed by atoms with E-state index < -0.39 is 9.84 Å². The van der Waals surface area contributed by atoms with Crippen molar-refractivity contribution in [1.29, 1.82) is 0 Å². The van der Waals surface area contributed by atoms with Gasteiger partial charge < -0.3 is 11.1 Å². The summed E-state index contributed by atoms with van der Waals surface area (Å²) in [6.45, 7) is 0. The molecule has 1 aromatic rings. The molecule has 0 radical (unpaired) electrons. The number of nitrogens with zero attached hydrogens (tertiary/aromatic N) is 2. The lowest BCUT2D eigenvalue weighted by Gasteiger charge is -2.10. The van der Waals surface area contributed by atoms with Gasteiger partial charge in [0, 0.05) is 6.04 Å². The highest BCUT2D eigenvalue weighted by Gasteiger charge is 2.27. The van der Waals surface area contributed by atoms with Gasteiger partial charge in [0.15, 0.2) is 9.84 Å². The van der Waals surface area contributed by atoms with Crippen molar-refractivity contribution in [3.8, 4) is 0 Å². The second kappa shape index (κ2) is 3.65. The number of nitrogen functional groups attached to an aromatic ring is 1. The first-order valence-corrected chi connectivity index (χ1v) is 6.43. The molecule has 0 spiro atoms. The van der Waals surface area contributed by atoms with Gasteiger partial charge in [-0.05, 0) is 18.6 Å². The monoisotopic (exact) mass is 228 g/mol. The SMILES string of the molecule is Nc1ccc(NC2CCS(=O)(=O)C2)nn1. The van der Waals surface area contributed by atoms with Crippen LogP contribution in [0.15, 0.2) is 12.1 Å². The number of aromatic nitrogens is 2. The summed E-state index contributed by atoms with van der Waals surface area (Å²) >= 11 is 0. The summed E-state index contributed by atoms with van der Waals surface area (Å²) in [5.41, 5.74) is 5.38. The number of anilines is 2. The molecule has 1 saturated heterocycles. The molecule has 1 atom stereocenters. The number of hydrogen-bond acceptors (Lipinski definition) is 6. The molecule has 1 unspecified atom stereocenters. The molecule has 0 amide bonds. The molecule has 1 aliphatic rings. The van der Waals surface area contributed by atoms with E-state index in [0.717, 1.165) is 0 Å². The van der Waals surface area contributed by atoms with Crippen LogP contribution in [0.5, 0.6) is 0 Å². The van der Waals surface area contributed by atoms with Crippen molar-refractivity contribution < 1.29 is 8.42 Å². The molecule has 15 heavy (non-hydrogen) atoms. The molecule has 3 N–H and O–H groups in total. The summed E-state index contributed by atoms with van der Waals surface area (Å²) in [7, 11) is -2.86. The molecular formula is C8H12N4O2S. The Labute approximate surface area is 87.8 Å². The topological polar surface area (TPSA) is 98.0 Å². The number of nitrogens with one attached hydrogen (secondary N) is 1. The fourth-order valence-corrected chi connectivity index (χ4v) is 3.21. The Balaban J connectivity index is 2.02. The van der Waals surface area contributed by atoms with Gasteiger partial charge in [-0.3, -0.25) is 0 Å². The highest BCUT2D eigenvalue weighted by Crippen LogP contribution is 2.15. The van der Waals surface area contributed by atoms with Crippen LogP contribution in [0.3, 0.4) is 0 Å². The zero-order chi connectivity index (χ0) is 10.9. The largest absolute Gasteiger partial charge is 0.382 e. The highest BCUT2D eigenvalue weighted by molar-refractivity contribution is 7.91. The van der Waals surface area contributed by atoms with Crippen molar-refractivity contribution in [2.75, 3.05) is 22.6 Å². The van der Waals surface area contributed by atoms with Crippen molar-refractivity contribution in [1.82, 2.24) is 10.2 Å². The van der Waals surface area contributed by atoms with Crippen molar-refractivity contribution in [3.05, 3.63) is 12.1 Å². The number of hydrogen-bond donors (Lipinski definition) is 2. The molecule has 1 fully saturated rings. The Kier molecular flexibility index (Phi) is 2.47. The molecule has 6 nitrogen and oxygen atoms in total. The van der Waals surface area contributed by atoms with Gasteiger partial charge in [-0.25, -0.2) is 8.42 Å². The van der Waals surface area contributed by atoms with E-state index in [2.05, 4.69) is 15.5 Å². The molecule has 0 aliphatic carbocycles. The van der Waals surface area contributed by atoms with Crippen LogP contribution in [0.4, 0.5) is 11.6 Å². The van der Waals surface area contributed by atoms with Crippen LogP contribution in [0.1, 0.15) is 6.42 Å². The fourth-order valence-electron chi connectivity index (χ4n) is 1.54. The van der Waals surface area contributed by atoms with Crippen LogP contribution in [-0.4, -0.2) is 36.2 Å². The molecule has 0 aromatic carbocycles. The molecule has 2 heterocycles. The maximum absolute atomic E-state index is 11.2. The van der Waals surface area contributed by atoms with E-state index in [1.54, 1.807) is 12.1 Å². The lowest BCUT2D eigenvalue weighted by atomic mass is 10.2. The summed E-state index contributed by atoms with van der Waals surface area (Å²) in [6, 6.07) is 3.25. The predicted octanol–water partition coefficient (Wildman–Crippen LogP) is -0.342. The molecule has 2 rings (SSSR count). The third-order valence-electron chi connectivity index (χ3n) is 2.27. The van der Waals surface area contributed by atoms with Gasteiger partial charge in [0.25, 0.3) is 0 Å². The first kappa shape index (κ1) is 10.2. The lowest BCUT2D eigenvalue weighted by molar-refractivity contribution is 0.602. The van der Waals surface area contributed by atoms with E-state index in [1.165, 1.54) is 0 Å². The highest BCUT2D eigenvalue weighted by atomic mass is 32.2. The van der Waals surface area contributed by atoms with E-state index in [0.29, 0.717) is 18.1 Å². The van der Waals surface area contributed by atoms with E-state index in [-0.39, 0.29) is 17.5 Å². The Morgan fingerprint density at radius 3 is 2.73 bits per heavy atom. The molecule has 7 heteroatoms. The number of rotatable bonds is 2.